The van der Waals surface area contributed by atoms with Gasteiger partial charge < -0.3 is 10.2 Å². The molecule has 0 radical (unpaired) electrons. The Bertz CT molecular complexity index is 540. The molecule has 1 amide bonds. The fraction of sp³-hybridized carbons (Fsp3) is 0.500. The van der Waals surface area contributed by atoms with Gasteiger partial charge in [-0.1, -0.05) is 18.2 Å². The third-order valence-electron chi connectivity index (χ3n) is 4.27. The van der Waals surface area contributed by atoms with Crippen LogP contribution in [0.4, 0.5) is 5.69 Å². The molecule has 1 N–H and O–H groups in total. The smallest absolute Gasteiger partial charge is 0.273 e. The molecule has 0 aliphatic carbocycles. The minimum atomic E-state index is -0.425. The molecule has 2 aliphatic rings. The minimum Gasteiger partial charge on any atom is -0.342 e. The normalized spacial score (nSPS) is 23.5. The molecule has 0 unspecified atom stereocenters. The topological polar surface area (TPSA) is 75.5 Å². The second kappa shape index (κ2) is 6.41. The Morgan fingerprint density at radius 1 is 1.29 bits per heavy atom. The van der Waals surface area contributed by atoms with Gasteiger partial charge in [0.15, 0.2) is 0 Å². The lowest BCUT2D eigenvalue weighted by molar-refractivity contribution is -0.385. The van der Waals surface area contributed by atoms with Crippen LogP contribution in [-0.4, -0.2) is 41.9 Å². The van der Waals surface area contributed by atoms with E-state index in [1.165, 1.54) is 6.07 Å². The zero-order valence-electron chi connectivity index (χ0n) is 11.5. The summed E-state index contributed by atoms with van der Waals surface area (Å²) in [5.41, 5.74) is 0.527. The Morgan fingerprint density at radius 3 is 2.52 bits per heavy atom. The van der Waals surface area contributed by atoms with Crippen molar-refractivity contribution >= 4 is 24.0 Å². The zero-order chi connectivity index (χ0) is 14.1. The van der Waals surface area contributed by atoms with Gasteiger partial charge in [0.2, 0.25) is 5.91 Å². The van der Waals surface area contributed by atoms with Crippen LogP contribution in [0.5, 0.6) is 0 Å². The van der Waals surface area contributed by atoms with Crippen LogP contribution >= 0.6 is 12.4 Å². The molecule has 7 heteroatoms. The van der Waals surface area contributed by atoms with Crippen molar-refractivity contribution in [2.24, 2.45) is 11.8 Å². The van der Waals surface area contributed by atoms with E-state index in [0.717, 1.165) is 26.2 Å². The average Bonchev–Trinajstić information content (AvgIpc) is 2.99. The lowest BCUT2D eigenvalue weighted by atomic mass is 10.0. The first-order valence-electron chi connectivity index (χ1n) is 6.86. The van der Waals surface area contributed by atoms with E-state index in [4.69, 9.17) is 0 Å². The number of para-hydroxylation sites is 1. The molecular formula is C14H18ClN3O3. The van der Waals surface area contributed by atoms with E-state index in [-0.39, 0.29) is 30.4 Å². The molecule has 114 valence electrons. The molecule has 2 aliphatic heterocycles. The Hall–Kier alpha value is -1.66. The van der Waals surface area contributed by atoms with E-state index in [1.807, 2.05) is 4.90 Å². The Balaban J connectivity index is 0.00000161. The highest BCUT2D eigenvalue weighted by atomic mass is 35.5. The van der Waals surface area contributed by atoms with Gasteiger partial charge in [0.25, 0.3) is 5.69 Å². The number of amides is 1. The summed E-state index contributed by atoms with van der Waals surface area (Å²) in [4.78, 5) is 24.7. The largest absolute Gasteiger partial charge is 0.342 e. The number of nitrogens with one attached hydrogen (secondary N) is 1. The van der Waals surface area contributed by atoms with E-state index in [2.05, 4.69) is 5.32 Å². The lowest BCUT2D eigenvalue weighted by Gasteiger charge is -2.17. The molecule has 2 fully saturated rings. The molecule has 0 spiro atoms. The summed E-state index contributed by atoms with van der Waals surface area (Å²) in [6, 6.07) is 6.47. The number of fused-ring (bicyclic) bond motifs is 1. The highest BCUT2D eigenvalue weighted by Gasteiger charge is 2.38. The third-order valence-corrected chi connectivity index (χ3v) is 4.27. The number of nitro groups is 1. The van der Waals surface area contributed by atoms with Gasteiger partial charge in [-0.2, -0.15) is 0 Å². The van der Waals surface area contributed by atoms with Crippen LogP contribution in [-0.2, 0) is 11.2 Å². The van der Waals surface area contributed by atoms with E-state index in [1.54, 1.807) is 18.2 Å². The van der Waals surface area contributed by atoms with Gasteiger partial charge in [-0.3, -0.25) is 14.9 Å². The first-order valence-corrected chi connectivity index (χ1v) is 6.86. The fourth-order valence-electron chi connectivity index (χ4n) is 3.17. The summed E-state index contributed by atoms with van der Waals surface area (Å²) >= 11 is 0. The maximum atomic E-state index is 12.3. The second-order valence-corrected chi connectivity index (χ2v) is 5.54. The van der Waals surface area contributed by atoms with Crippen molar-refractivity contribution in [3.05, 3.63) is 39.9 Å². The van der Waals surface area contributed by atoms with Gasteiger partial charge in [0.05, 0.1) is 11.3 Å². The number of nitrogens with zero attached hydrogens (tertiary/aromatic N) is 2. The minimum absolute atomic E-state index is 0. The SMILES string of the molecule is Cl.O=C(Cc1ccccc1[N+](=O)[O-])N1C[C@H]2CNC[C@H]2C1. The lowest BCUT2D eigenvalue weighted by Crippen LogP contribution is -2.33. The predicted octanol–water partition coefficient (Wildman–Crippen LogP) is 1.24. The molecule has 2 heterocycles. The first kappa shape index (κ1) is 15.7. The van der Waals surface area contributed by atoms with Crippen LogP contribution in [0.2, 0.25) is 0 Å². The summed E-state index contributed by atoms with van der Waals surface area (Å²) in [7, 11) is 0. The van der Waals surface area contributed by atoms with Gasteiger partial charge >= 0.3 is 0 Å². The number of benzene rings is 1. The summed E-state index contributed by atoms with van der Waals surface area (Å²) in [6.45, 7) is 3.49. The van der Waals surface area contributed by atoms with Crippen LogP contribution < -0.4 is 5.32 Å². The summed E-state index contributed by atoms with van der Waals surface area (Å²) in [6.07, 6.45) is 0.115. The van der Waals surface area contributed by atoms with Gasteiger partial charge in [0.1, 0.15) is 0 Å². The number of rotatable bonds is 3. The third kappa shape index (κ3) is 3.16. The Labute approximate surface area is 129 Å². The zero-order valence-corrected chi connectivity index (χ0v) is 12.3. The second-order valence-electron chi connectivity index (χ2n) is 5.54. The number of hydrogen-bond donors (Lipinski definition) is 1. The van der Waals surface area contributed by atoms with Crippen molar-refractivity contribution < 1.29 is 9.72 Å². The maximum absolute atomic E-state index is 12.3. The molecule has 2 atom stereocenters. The van der Waals surface area contributed by atoms with Crippen LogP contribution in [0.1, 0.15) is 5.56 Å². The van der Waals surface area contributed by atoms with E-state index < -0.39 is 4.92 Å². The van der Waals surface area contributed by atoms with Crippen LogP contribution in [0.15, 0.2) is 24.3 Å². The number of carbonyl (C=O) groups excluding carboxylic acids is 1. The number of likely N-dealkylation sites (tertiary alicyclic amines) is 1. The number of carbonyl (C=O) groups is 1. The van der Waals surface area contributed by atoms with Gasteiger partial charge in [-0.05, 0) is 11.8 Å². The monoisotopic (exact) mass is 311 g/mol. The highest BCUT2D eigenvalue weighted by Crippen LogP contribution is 2.27. The van der Waals surface area contributed by atoms with Gasteiger partial charge in [-0.25, -0.2) is 0 Å². The Morgan fingerprint density at radius 2 is 1.90 bits per heavy atom. The number of nitro benzene ring substituents is 1. The standard InChI is InChI=1S/C14H17N3O3.ClH/c18-14(16-8-11-6-15-7-12(11)9-16)5-10-3-1-2-4-13(10)17(19)20;/h1-4,11-12,15H,5-9H2;1H/t11-,12+;. The quantitative estimate of drug-likeness (QED) is 0.673. The predicted molar refractivity (Wildman–Crippen MR) is 80.5 cm³/mol. The maximum Gasteiger partial charge on any atom is 0.273 e. The molecule has 0 bridgehead atoms. The number of hydrogen-bond acceptors (Lipinski definition) is 4. The van der Waals surface area contributed by atoms with Crippen molar-refractivity contribution in [3.63, 3.8) is 0 Å². The van der Waals surface area contributed by atoms with Crippen molar-refractivity contribution in [1.82, 2.24) is 10.2 Å². The summed E-state index contributed by atoms with van der Waals surface area (Å²) in [5, 5.41) is 14.3. The molecule has 2 saturated heterocycles. The van der Waals surface area contributed by atoms with Gasteiger partial charge in [-0.15, -0.1) is 12.4 Å². The Kier molecular flexibility index (Phi) is 4.80. The molecule has 6 nitrogen and oxygen atoms in total. The first-order chi connectivity index (χ1) is 9.65. The highest BCUT2D eigenvalue weighted by molar-refractivity contribution is 5.85. The molecular weight excluding hydrogens is 294 g/mol. The number of halogens is 1. The molecule has 0 aromatic heterocycles. The molecule has 1 aromatic rings. The molecule has 3 rings (SSSR count). The van der Waals surface area contributed by atoms with Gasteiger partial charge in [0, 0.05) is 37.8 Å². The fourth-order valence-corrected chi connectivity index (χ4v) is 3.17. The van der Waals surface area contributed by atoms with Crippen LogP contribution in [0, 0.1) is 22.0 Å². The molecule has 1 aromatic carbocycles. The van der Waals surface area contributed by atoms with E-state index in [9.17, 15) is 14.9 Å². The average molecular weight is 312 g/mol. The van der Waals surface area contributed by atoms with Crippen molar-refractivity contribution in [2.75, 3.05) is 26.2 Å². The van der Waals surface area contributed by atoms with Crippen LogP contribution in [0.25, 0.3) is 0 Å². The molecule has 21 heavy (non-hydrogen) atoms. The van der Waals surface area contributed by atoms with Crippen molar-refractivity contribution in [2.45, 2.75) is 6.42 Å². The summed E-state index contributed by atoms with van der Waals surface area (Å²) < 4.78 is 0. The molecule has 0 saturated carbocycles. The van der Waals surface area contributed by atoms with E-state index in [0.29, 0.717) is 17.4 Å². The van der Waals surface area contributed by atoms with Crippen molar-refractivity contribution in [3.8, 4) is 0 Å². The summed E-state index contributed by atoms with van der Waals surface area (Å²) in [5.74, 6) is 1.09. The van der Waals surface area contributed by atoms with E-state index >= 15 is 0 Å². The van der Waals surface area contributed by atoms with Crippen LogP contribution in [0.3, 0.4) is 0 Å². The van der Waals surface area contributed by atoms with Crippen molar-refractivity contribution in [1.29, 1.82) is 0 Å².